The lowest BCUT2D eigenvalue weighted by molar-refractivity contribution is -0.143. The summed E-state index contributed by atoms with van der Waals surface area (Å²) in [6.07, 6.45) is 32.8. The van der Waals surface area contributed by atoms with Gasteiger partial charge in [0.05, 0.1) is 6.61 Å². The molecule has 0 saturated carbocycles. The van der Waals surface area contributed by atoms with E-state index in [2.05, 4.69) is 13.8 Å². The first-order valence-electron chi connectivity index (χ1n) is 14.5. The minimum absolute atomic E-state index is 0.0233. The third kappa shape index (κ3) is 27.4. The summed E-state index contributed by atoms with van der Waals surface area (Å²) in [5, 5.41) is 0. The Hall–Kier alpha value is -0.530. The van der Waals surface area contributed by atoms with E-state index in [1.165, 1.54) is 141 Å². The van der Waals surface area contributed by atoms with Gasteiger partial charge in [0.1, 0.15) is 0 Å². The fourth-order valence-electron chi connectivity index (χ4n) is 4.31. The number of esters is 1. The van der Waals surface area contributed by atoms with E-state index in [4.69, 9.17) is 4.74 Å². The second-order valence-corrected chi connectivity index (χ2v) is 9.75. The number of rotatable bonds is 26. The summed E-state index contributed by atoms with van der Waals surface area (Å²) >= 11 is 0. The predicted octanol–water partition coefficient (Wildman–Crippen LogP) is 10.3. The van der Waals surface area contributed by atoms with Gasteiger partial charge in [-0.2, -0.15) is 0 Å². The lowest BCUT2D eigenvalue weighted by Gasteiger charge is -2.06. The van der Waals surface area contributed by atoms with Crippen LogP contribution in [0.3, 0.4) is 0 Å². The summed E-state index contributed by atoms with van der Waals surface area (Å²) in [5.74, 6) is 0.0233. The maximum Gasteiger partial charge on any atom is 0.305 e. The molecular formula is C29H58O2. The number of carbonyl (C=O) groups excluding carboxylic acids is 1. The van der Waals surface area contributed by atoms with Crippen LogP contribution in [0.4, 0.5) is 0 Å². The molecule has 0 aliphatic heterocycles. The second kappa shape index (κ2) is 27.5. The highest BCUT2D eigenvalue weighted by atomic mass is 16.5. The SMILES string of the molecule is CCCCCCCCCCCCCCCC(=O)OCCCCCCCCCCCCC. The van der Waals surface area contributed by atoms with Crippen molar-refractivity contribution in [2.45, 2.75) is 174 Å². The van der Waals surface area contributed by atoms with Gasteiger partial charge in [0.25, 0.3) is 0 Å². The van der Waals surface area contributed by atoms with E-state index < -0.39 is 0 Å². The van der Waals surface area contributed by atoms with E-state index in [9.17, 15) is 4.79 Å². The van der Waals surface area contributed by atoms with Crippen molar-refractivity contribution in [3.05, 3.63) is 0 Å². The topological polar surface area (TPSA) is 26.3 Å². The molecule has 0 amide bonds. The lowest BCUT2D eigenvalue weighted by atomic mass is 10.0. The minimum atomic E-state index is 0.0233. The van der Waals surface area contributed by atoms with E-state index in [0.717, 1.165) is 12.8 Å². The van der Waals surface area contributed by atoms with Crippen molar-refractivity contribution >= 4 is 5.97 Å². The van der Waals surface area contributed by atoms with Gasteiger partial charge < -0.3 is 4.74 Å². The van der Waals surface area contributed by atoms with Crippen molar-refractivity contribution < 1.29 is 9.53 Å². The van der Waals surface area contributed by atoms with Crippen LogP contribution in [0.1, 0.15) is 174 Å². The van der Waals surface area contributed by atoms with Gasteiger partial charge >= 0.3 is 5.97 Å². The molecule has 186 valence electrons. The van der Waals surface area contributed by atoms with E-state index in [0.29, 0.717) is 13.0 Å². The van der Waals surface area contributed by atoms with Crippen LogP contribution in [0.25, 0.3) is 0 Å². The number of unbranched alkanes of at least 4 members (excludes halogenated alkanes) is 22. The highest BCUT2D eigenvalue weighted by molar-refractivity contribution is 5.69. The first kappa shape index (κ1) is 30.5. The van der Waals surface area contributed by atoms with Crippen LogP contribution in [0.2, 0.25) is 0 Å². The first-order valence-corrected chi connectivity index (χ1v) is 14.5. The molecule has 0 heterocycles. The molecule has 0 aliphatic carbocycles. The van der Waals surface area contributed by atoms with Crippen molar-refractivity contribution in [3.8, 4) is 0 Å². The van der Waals surface area contributed by atoms with Crippen molar-refractivity contribution in [3.63, 3.8) is 0 Å². The van der Waals surface area contributed by atoms with Gasteiger partial charge in [0.15, 0.2) is 0 Å². The molecule has 0 radical (unpaired) electrons. The van der Waals surface area contributed by atoms with Crippen LogP contribution in [0.15, 0.2) is 0 Å². The quantitative estimate of drug-likeness (QED) is 0.0991. The number of hydrogen-bond acceptors (Lipinski definition) is 2. The average molecular weight is 439 g/mol. The maximum atomic E-state index is 11.8. The molecule has 2 nitrogen and oxygen atoms in total. The standard InChI is InChI=1S/C29H58O2/c1-3-5-7-9-11-13-15-16-17-19-21-23-25-27-29(30)31-28-26-24-22-20-18-14-12-10-8-6-4-2/h3-28H2,1-2H3. The molecule has 0 fully saturated rings. The van der Waals surface area contributed by atoms with Crippen molar-refractivity contribution in [2.75, 3.05) is 6.61 Å². The lowest BCUT2D eigenvalue weighted by Crippen LogP contribution is -2.05. The molecule has 0 atom stereocenters. The third-order valence-electron chi connectivity index (χ3n) is 6.50. The Kier molecular flexibility index (Phi) is 27.0. The molecule has 0 aromatic rings. The van der Waals surface area contributed by atoms with Gasteiger partial charge in [-0.15, -0.1) is 0 Å². The van der Waals surface area contributed by atoms with Crippen LogP contribution < -0.4 is 0 Å². The zero-order valence-electron chi connectivity index (χ0n) is 21.7. The van der Waals surface area contributed by atoms with Gasteiger partial charge in [-0.25, -0.2) is 0 Å². The molecule has 2 heteroatoms. The van der Waals surface area contributed by atoms with E-state index >= 15 is 0 Å². The molecular weight excluding hydrogens is 380 g/mol. The highest BCUT2D eigenvalue weighted by Crippen LogP contribution is 2.14. The molecule has 0 saturated heterocycles. The summed E-state index contributed by atoms with van der Waals surface area (Å²) in [6, 6.07) is 0. The summed E-state index contributed by atoms with van der Waals surface area (Å²) < 4.78 is 5.39. The smallest absolute Gasteiger partial charge is 0.305 e. The second-order valence-electron chi connectivity index (χ2n) is 9.75. The molecule has 0 aliphatic rings. The van der Waals surface area contributed by atoms with Crippen molar-refractivity contribution in [1.82, 2.24) is 0 Å². The number of ether oxygens (including phenoxy) is 1. The van der Waals surface area contributed by atoms with Crippen LogP contribution >= 0.6 is 0 Å². The minimum Gasteiger partial charge on any atom is -0.466 e. The summed E-state index contributed by atoms with van der Waals surface area (Å²) in [5.41, 5.74) is 0. The fourth-order valence-corrected chi connectivity index (χ4v) is 4.31. The van der Waals surface area contributed by atoms with Crippen LogP contribution in [0.5, 0.6) is 0 Å². The molecule has 0 unspecified atom stereocenters. The zero-order valence-corrected chi connectivity index (χ0v) is 21.7. The molecule has 0 spiro atoms. The number of carbonyl (C=O) groups is 1. The largest absolute Gasteiger partial charge is 0.466 e. The average Bonchev–Trinajstić information content (AvgIpc) is 2.77. The van der Waals surface area contributed by atoms with Gasteiger partial charge in [0.2, 0.25) is 0 Å². The predicted molar refractivity (Wildman–Crippen MR) is 138 cm³/mol. The maximum absolute atomic E-state index is 11.8. The molecule has 31 heavy (non-hydrogen) atoms. The summed E-state index contributed by atoms with van der Waals surface area (Å²) in [6.45, 7) is 5.19. The summed E-state index contributed by atoms with van der Waals surface area (Å²) in [7, 11) is 0. The Labute approximate surface area is 196 Å². The van der Waals surface area contributed by atoms with E-state index in [1.54, 1.807) is 0 Å². The van der Waals surface area contributed by atoms with E-state index in [-0.39, 0.29) is 5.97 Å². The van der Waals surface area contributed by atoms with Crippen molar-refractivity contribution in [1.29, 1.82) is 0 Å². The van der Waals surface area contributed by atoms with E-state index in [1.807, 2.05) is 0 Å². The summed E-state index contributed by atoms with van der Waals surface area (Å²) in [4.78, 5) is 11.8. The highest BCUT2D eigenvalue weighted by Gasteiger charge is 2.02. The van der Waals surface area contributed by atoms with Gasteiger partial charge in [-0.05, 0) is 12.8 Å². The normalized spacial score (nSPS) is 11.2. The number of hydrogen-bond donors (Lipinski definition) is 0. The monoisotopic (exact) mass is 438 g/mol. The fraction of sp³-hybridized carbons (Fsp3) is 0.966. The molecule has 0 rings (SSSR count). The Morgan fingerprint density at radius 1 is 0.419 bits per heavy atom. The van der Waals surface area contributed by atoms with Gasteiger partial charge in [-0.1, -0.05) is 155 Å². The first-order chi connectivity index (χ1) is 15.3. The Morgan fingerprint density at radius 2 is 0.710 bits per heavy atom. The molecule has 0 bridgehead atoms. The van der Waals surface area contributed by atoms with Gasteiger partial charge in [0, 0.05) is 6.42 Å². The van der Waals surface area contributed by atoms with Gasteiger partial charge in [-0.3, -0.25) is 4.79 Å². The zero-order chi connectivity index (χ0) is 22.7. The third-order valence-corrected chi connectivity index (χ3v) is 6.50. The Morgan fingerprint density at radius 3 is 1.06 bits per heavy atom. The Bertz CT molecular complexity index is 340. The van der Waals surface area contributed by atoms with Crippen LogP contribution in [0, 0.1) is 0 Å². The molecule has 0 aromatic carbocycles. The Balaban J connectivity index is 3.14. The van der Waals surface area contributed by atoms with Crippen LogP contribution in [-0.2, 0) is 9.53 Å². The van der Waals surface area contributed by atoms with Crippen molar-refractivity contribution in [2.24, 2.45) is 0 Å². The molecule has 0 N–H and O–H groups in total. The molecule has 0 aromatic heterocycles. The van der Waals surface area contributed by atoms with Crippen LogP contribution in [-0.4, -0.2) is 12.6 Å².